The van der Waals surface area contributed by atoms with Crippen LogP contribution < -0.4 is 5.73 Å². The minimum Gasteiger partial charge on any atom is -0.464 e. The van der Waals surface area contributed by atoms with E-state index in [1.165, 1.54) is 13.4 Å². The van der Waals surface area contributed by atoms with E-state index >= 15 is 0 Å². The maximum absolute atomic E-state index is 11.5. The molecule has 0 saturated carbocycles. The summed E-state index contributed by atoms with van der Waals surface area (Å²) in [7, 11) is 1.34. The molecular formula is C14H18N4O2. The fourth-order valence-electron chi connectivity index (χ4n) is 2.24. The van der Waals surface area contributed by atoms with Crippen molar-refractivity contribution in [3.8, 4) is 0 Å². The van der Waals surface area contributed by atoms with Crippen LogP contribution in [0.25, 0.3) is 0 Å². The van der Waals surface area contributed by atoms with Gasteiger partial charge in [-0.05, 0) is 19.4 Å². The highest BCUT2D eigenvalue weighted by Gasteiger charge is 2.35. The molecule has 6 heteroatoms. The van der Waals surface area contributed by atoms with Crippen molar-refractivity contribution in [1.29, 1.82) is 0 Å². The highest BCUT2D eigenvalue weighted by molar-refractivity contribution is 6.04. The molecule has 0 fully saturated rings. The molecule has 1 aromatic rings. The molecule has 1 aliphatic rings. The number of rotatable bonds is 3. The number of nitrogens with zero attached hydrogens (tertiary/aromatic N) is 2. The van der Waals surface area contributed by atoms with Crippen LogP contribution in [-0.4, -0.2) is 30.2 Å². The first kappa shape index (κ1) is 14.0. The molecule has 106 valence electrons. The number of aromatic amines is 1. The molecule has 1 unspecified atom stereocenters. The molecule has 1 aliphatic heterocycles. The highest BCUT2D eigenvalue weighted by Crippen LogP contribution is 2.35. The quantitative estimate of drug-likeness (QED) is 0.822. The average molecular weight is 274 g/mol. The number of amidine groups is 1. The van der Waals surface area contributed by atoms with Crippen LogP contribution >= 0.6 is 0 Å². The number of aliphatic imine (C=N–C) groups is 2. The van der Waals surface area contributed by atoms with Crippen LogP contribution in [0.1, 0.15) is 36.3 Å². The summed E-state index contributed by atoms with van der Waals surface area (Å²) in [5, 5.41) is 0. The Kier molecular flexibility index (Phi) is 3.74. The fourth-order valence-corrected chi connectivity index (χ4v) is 2.24. The summed E-state index contributed by atoms with van der Waals surface area (Å²) in [5.41, 5.74) is 7.38. The van der Waals surface area contributed by atoms with Crippen LogP contribution in [0.15, 0.2) is 33.9 Å². The normalized spacial score (nSPS) is 23.8. The Morgan fingerprint density at radius 3 is 3.00 bits per heavy atom. The second-order valence-electron chi connectivity index (χ2n) is 4.65. The lowest BCUT2D eigenvalue weighted by molar-refractivity contribution is 0.0595. The number of esters is 1. The Balaban J connectivity index is 2.46. The second-order valence-corrected chi connectivity index (χ2v) is 4.65. The maximum atomic E-state index is 11.5. The summed E-state index contributed by atoms with van der Waals surface area (Å²) in [6.45, 7) is 3.97. The summed E-state index contributed by atoms with van der Waals surface area (Å²) in [6.07, 6.45) is 6.02. The van der Waals surface area contributed by atoms with Gasteiger partial charge in [0.05, 0.1) is 7.11 Å². The molecule has 2 heterocycles. The number of nitrogens with two attached hydrogens (primary N) is 1. The maximum Gasteiger partial charge on any atom is 0.354 e. The first-order valence-corrected chi connectivity index (χ1v) is 6.38. The monoisotopic (exact) mass is 274 g/mol. The number of nitrogens with one attached hydrogen (secondary N) is 1. The van der Waals surface area contributed by atoms with E-state index in [0.29, 0.717) is 11.5 Å². The largest absolute Gasteiger partial charge is 0.464 e. The summed E-state index contributed by atoms with van der Waals surface area (Å²) < 4.78 is 4.69. The van der Waals surface area contributed by atoms with Crippen LogP contribution in [0.5, 0.6) is 0 Å². The van der Waals surface area contributed by atoms with Gasteiger partial charge in [0.2, 0.25) is 0 Å². The van der Waals surface area contributed by atoms with Crippen molar-refractivity contribution < 1.29 is 9.53 Å². The van der Waals surface area contributed by atoms with Gasteiger partial charge in [-0.1, -0.05) is 13.0 Å². The van der Waals surface area contributed by atoms with Crippen molar-refractivity contribution >= 4 is 18.1 Å². The van der Waals surface area contributed by atoms with E-state index in [2.05, 4.69) is 15.0 Å². The zero-order valence-electron chi connectivity index (χ0n) is 11.8. The molecule has 0 bridgehead atoms. The van der Waals surface area contributed by atoms with Crippen molar-refractivity contribution in [1.82, 2.24) is 4.98 Å². The minimum absolute atomic E-state index is 0.385. The Labute approximate surface area is 117 Å². The Bertz CT molecular complexity index is 612. The van der Waals surface area contributed by atoms with Crippen LogP contribution in [0.2, 0.25) is 0 Å². The summed E-state index contributed by atoms with van der Waals surface area (Å²) in [4.78, 5) is 22.9. The molecule has 3 N–H and O–H groups in total. The lowest BCUT2D eigenvalue weighted by Gasteiger charge is -2.29. The van der Waals surface area contributed by atoms with E-state index in [9.17, 15) is 4.79 Å². The van der Waals surface area contributed by atoms with Gasteiger partial charge in [-0.15, -0.1) is 0 Å². The van der Waals surface area contributed by atoms with Gasteiger partial charge < -0.3 is 15.5 Å². The molecule has 0 saturated heterocycles. The van der Waals surface area contributed by atoms with Crippen LogP contribution in [-0.2, 0) is 10.3 Å². The Morgan fingerprint density at radius 1 is 1.60 bits per heavy atom. The van der Waals surface area contributed by atoms with Gasteiger partial charge in [0, 0.05) is 17.3 Å². The number of allylic oxidation sites excluding steroid dienone is 1. The molecule has 1 atom stereocenters. The van der Waals surface area contributed by atoms with Crippen molar-refractivity contribution in [2.24, 2.45) is 15.7 Å². The number of ether oxygens (including phenoxy) is 1. The number of carbonyl (C=O) groups excluding carboxylic acids is 1. The lowest BCUT2D eigenvalue weighted by atomic mass is 9.84. The summed E-state index contributed by atoms with van der Waals surface area (Å²) in [6, 6.07) is 1.73. The van der Waals surface area contributed by atoms with E-state index in [0.717, 1.165) is 17.6 Å². The molecular weight excluding hydrogens is 256 g/mol. The van der Waals surface area contributed by atoms with Crippen molar-refractivity contribution in [2.75, 3.05) is 7.11 Å². The van der Waals surface area contributed by atoms with Gasteiger partial charge in [-0.2, -0.15) is 0 Å². The van der Waals surface area contributed by atoms with E-state index in [1.807, 2.05) is 19.9 Å². The Hall–Kier alpha value is -2.37. The van der Waals surface area contributed by atoms with Gasteiger partial charge in [0.25, 0.3) is 0 Å². The first-order valence-electron chi connectivity index (χ1n) is 6.38. The standard InChI is InChI=1S/C14H18N4O2/c1-4-5-10-12(15)17-8-18-14(10,2)9-6-11(16-7-9)13(19)20-3/h5-8,16H,4H2,1-3H3,(H2,15,17,18)/b10-5+. The number of hydrogen-bond donors (Lipinski definition) is 2. The van der Waals surface area contributed by atoms with Gasteiger partial charge in [-0.3, -0.25) is 4.99 Å². The van der Waals surface area contributed by atoms with Crippen molar-refractivity contribution in [3.63, 3.8) is 0 Å². The van der Waals surface area contributed by atoms with Crippen LogP contribution in [0, 0.1) is 0 Å². The van der Waals surface area contributed by atoms with Gasteiger partial charge >= 0.3 is 5.97 Å². The van der Waals surface area contributed by atoms with Gasteiger partial charge in [-0.25, -0.2) is 9.79 Å². The zero-order chi connectivity index (χ0) is 14.8. The predicted octanol–water partition coefficient (Wildman–Crippen LogP) is 1.75. The molecule has 0 radical (unpaired) electrons. The lowest BCUT2D eigenvalue weighted by Crippen LogP contribution is -2.34. The van der Waals surface area contributed by atoms with Gasteiger partial charge in [0.15, 0.2) is 0 Å². The van der Waals surface area contributed by atoms with Crippen LogP contribution in [0.4, 0.5) is 0 Å². The van der Waals surface area contributed by atoms with Crippen molar-refractivity contribution in [3.05, 3.63) is 35.2 Å². The third-order valence-corrected chi connectivity index (χ3v) is 3.37. The summed E-state index contributed by atoms with van der Waals surface area (Å²) >= 11 is 0. The Morgan fingerprint density at radius 2 is 2.35 bits per heavy atom. The minimum atomic E-state index is -0.648. The second kappa shape index (κ2) is 5.32. The van der Waals surface area contributed by atoms with E-state index in [4.69, 9.17) is 10.5 Å². The molecule has 1 aromatic heterocycles. The molecule has 20 heavy (non-hydrogen) atoms. The van der Waals surface area contributed by atoms with E-state index in [-0.39, 0.29) is 0 Å². The molecule has 2 rings (SSSR count). The van der Waals surface area contributed by atoms with Gasteiger partial charge in [0.1, 0.15) is 23.4 Å². The SMILES string of the molecule is CC/C=C1\C(N)=NC=NC1(C)c1c[nH]c(C(=O)OC)c1. The molecule has 0 amide bonds. The average Bonchev–Trinajstić information content (AvgIpc) is 2.93. The van der Waals surface area contributed by atoms with Crippen molar-refractivity contribution in [2.45, 2.75) is 25.8 Å². The number of aromatic nitrogens is 1. The topological polar surface area (TPSA) is 92.8 Å². The van der Waals surface area contributed by atoms with Crippen LogP contribution in [0.3, 0.4) is 0 Å². The third kappa shape index (κ3) is 2.24. The van der Waals surface area contributed by atoms with E-state index in [1.54, 1.807) is 12.3 Å². The third-order valence-electron chi connectivity index (χ3n) is 3.37. The summed E-state index contributed by atoms with van der Waals surface area (Å²) in [5.74, 6) is 0.0347. The predicted molar refractivity (Wildman–Crippen MR) is 78.0 cm³/mol. The first-order chi connectivity index (χ1) is 9.52. The fraction of sp³-hybridized carbons (Fsp3) is 0.357. The smallest absolute Gasteiger partial charge is 0.354 e. The molecule has 6 nitrogen and oxygen atoms in total. The molecule has 0 spiro atoms. The zero-order valence-corrected chi connectivity index (χ0v) is 11.8. The highest BCUT2D eigenvalue weighted by atomic mass is 16.5. The van der Waals surface area contributed by atoms with E-state index < -0.39 is 11.5 Å². The molecule has 0 aliphatic carbocycles. The molecule has 0 aromatic carbocycles. The number of hydrogen-bond acceptors (Lipinski definition) is 5. The number of H-pyrrole nitrogens is 1. The number of carbonyl (C=O) groups is 1. The number of methoxy groups -OCH3 is 1.